The van der Waals surface area contributed by atoms with Crippen LogP contribution in [0.1, 0.15) is 32.4 Å². The molecule has 3 rings (SSSR count). The summed E-state index contributed by atoms with van der Waals surface area (Å²) < 4.78 is 9.40. The summed E-state index contributed by atoms with van der Waals surface area (Å²) in [6, 6.07) is -0.325. The molecule has 1 fully saturated rings. The molecule has 0 aliphatic carbocycles. The van der Waals surface area contributed by atoms with Crippen LogP contribution in [0.3, 0.4) is 0 Å². The van der Waals surface area contributed by atoms with Crippen LogP contribution in [0, 0.1) is 0 Å². The first kappa shape index (κ1) is 19.3. The molecular formula is C17H28N8O2. The Bertz CT molecular complexity index is 778. The van der Waals surface area contributed by atoms with Gasteiger partial charge < -0.3 is 10.1 Å². The number of amides is 2. The van der Waals surface area contributed by atoms with Crippen molar-refractivity contribution in [3.8, 4) is 0 Å². The van der Waals surface area contributed by atoms with Gasteiger partial charge in [0.15, 0.2) is 0 Å². The number of hydrogen-bond donors (Lipinski definition) is 2. The molecule has 10 heteroatoms. The Morgan fingerprint density at radius 2 is 2.15 bits per heavy atom. The molecule has 27 heavy (non-hydrogen) atoms. The van der Waals surface area contributed by atoms with Gasteiger partial charge in [0.1, 0.15) is 6.33 Å². The van der Waals surface area contributed by atoms with Gasteiger partial charge >= 0.3 is 6.03 Å². The molecule has 148 valence electrons. The van der Waals surface area contributed by atoms with Crippen LogP contribution in [0.15, 0.2) is 18.7 Å². The van der Waals surface area contributed by atoms with E-state index in [1.165, 1.54) is 0 Å². The first-order valence-corrected chi connectivity index (χ1v) is 9.01. The highest BCUT2D eigenvalue weighted by Gasteiger charge is 2.32. The third-order valence-corrected chi connectivity index (χ3v) is 4.54. The maximum Gasteiger partial charge on any atom is 0.321 e. The SMILES string of the molecule is CN1CCO[C@@H](CNC(=O)Nc2ncn(C(C)(C)C)n2)[C@@H]1c1cnn(C)c1. The van der Waals surface area contributed by atoms with Gasteiger partial charge in [-0.05, 0) is 27.8 Å². The van der Waals surface area contributed by atoms with Crippen molar-refractivity contribution in [3.05, 3.63) is 24.3 Å². The molecule has 10 nitrogen and oxygen atoms in total. The first-order valence-electron chi connectivity index (χ1n) is 9.01. The molecule has 2 amide bonds. The molecule has 0 bridgehead atoms. The van der Waals surface area contributed by atoms with Crippen LogP contribution < -0.4 is 10.6 Å². The zero-order valence-corrected chi connectivity index (χ0v) is 16.5. The van der Waals surface area contributed by atoms with Gasteiger partial charge in [-0.25, -0.2) is 14.5 Å². The lowest BCUT2D eigenvalue weighted by Gasteiger charge is -2.38. The Morgan fingerprint density at radius 1 is 1.37 bits per heavy atom. The number of nitrogens with zero attached hydrogens (tertiary/aromatic N) is 6. The van der Waals surface area contributed by atoms with Gasteiger partial charge in [-0.2, -0.15) is 5.10 Å². The van der Waals surface area contributed by atoms with E-state index < -0.39 is 0 Å². The second kappa shape index (κ2) is 7.65. The molecule has 0 saturated carbocycles. The van der Waals surface area contributed by atoms with Gasteiger partial charge in [0.2, 0.25) is 5.95 Å². The maximum absolute atomic E-state index is 12.2. The fraction of sp³-hybridized carbons (Fsp3) is 0.647. The number of anilines is 1. The standard InChI is InChI=1S/C17H28N8O2/c1-17(2,3)25-11-19-15(22-25)21-16(26)18-9-13-14(23(4)6-7-27-13)12-8-20-24(5)10-12/h8,10-11,13-14H,6-7,9H2,1-5H3,(H2,18,21,22,26)/t13-,14-/m0/s1. The average Bonchev–Trinajstić information content (AvgIpc) is 3.22. The van der Waals surface area contributed by atoms with E-state index in [4.69, 9.17) is 4.74 Å². The van der Waals surface area contributed by atoms with E-state index in [0.717, 1.165) is 12.1 Å². The van der Waals surface area contributed by atoms with Crippen molar-refractivity contribution in [3.63, 3.8) is 0 Å². The van der Waals surface area contributed by atoms with Crippen molar-refractivity contribution in [1.29, 1.82) is 0 Å². The number of hydrogen-bond acceptors (Lipinski definition) is 6. The first-order chi connectivity index (χ1) is 12.7. The zero-order chi connectivity index (χ0) is 19.6. The van der Waals surface area contributed by atoms with Crippen molar-refractivity contribution >= 4 is 12.0 Å². The summed E-state index contributed by atoms with van der Waals surface area (Å²) in [5.74, 6) is 0.271. The van der Waals surface area contributed by atoms with E-state index in [0.29, 0.717) is 13.2 Å². The number of likely N-dealkylation sites (N-methyl/N-ethyl adjacent to an activating group) is 1. The zero-order valence-electron chi connectivity index (χ0n) is 16.5. The third kappa shape index (κ3) is 4.64. The van der Waals surface area contributed by atoms with E-state index >= 15 is 0 Å². The summed E-state index contributed by atoms with van der Waals surface area (Å²) in [4.78, 5) is 18.6. The number of aromatic nitrogens is 5. The van der Waals surface area contributed by atoms with Crippen LogP contribution in [-0.4, -0.2) is 68.3 Å². The Morgan fingerprint density at radius 3 is 2.78 bits per heavy atom. The van der Waals surface area contributed by atoms with Gasteiger partial charge in [0, 0.05) is 31.9 Å². The minimum absolute atomic E-state index is 0.0333. The fourth-order valence-corrected chi connectivity index (χ4v) is 3.08. The number of nitrogens with one attached hydrogen (secondary N) is 2. The fourth-order valence-electron chi connectivity index (χ4n) is 3.08. The highest BCUT2D eigenvalue weighted by molar-refractivity contribution is 5.87. The van der Waals surface area contributed by atoms with Gasteiger partial charge in [-0.15, -0.1) is 5.10 Å². The monoisotopic (exact) mass is 376 g/mol. The molecule has 2 aromatic rings. The van der Waals surface area contributed by atoms with Gasteiger partial charge in [0.25, 0.3) is 0 Å². The van der Waals surface area contributed by atoms with Crippen molar-refractivity contribution in [2.45, 2.75) is 38.5 Å². The number of ether oxygens (including phenoxy) is 1. The molecule has 3 heterocycles. The molecular weight excluding hydrogens is 348 g/mol. The Kier molecular flexibility index (Phi) is 5.47. The topological polar surface area (TPSA) is 102 Å². The van der Waals surface area contributed by atoms with Crippen LogP contribution >= 0.6 is 0 Å². The molecule has 0 spiro atoms. The summed E-state index contributed by atoms with van der Waals surface area (Å²) in [6.07, 6.45) is 5.25. The molecule has 0 radical (unpaired) electrons. The summed E-state index contributed by atoms with van der Waals surface area (Å²) in [5.41, 5.74) is 0.874. The minimum atomic E-state index is -0.358. The number of carbonyl (C=O) groups excluding carboxylic acids is 1. The number of morpholine rings is 1. The molecule has 0 aromatic carbocycles. The van der Waals surface area contributed by atoms with Crippen molar-refractivity contribution in [1.82, 2.24) is 34.8 Å². The Labute approximate surface area is 158 Å². The average molecular weight is 376 g/mol. The second-order valence-electron chi connectivity index (χ2n) is 7.80. The predicted molar refractivity (Wildman–Crippen MR) is 100 cm³/mol. The quantitative estimate of drug-likeness (QED) is 0.824. The van der Waals surface area contributed by atoms with Crippen LogP contribution in [0.5, 0.6) is 0 Å². The molecule has 1 aliphatic rings. The number of aryl methyl sites for hydroxylation is 1. The molecule has 1 aliphatic heterocycles. The molecule has 2 aromatic heterocycles. The lowest BCUT2D eigenvalue weighted by Crippen LogP contribution is -2.48. The molecule has 2 atom stereocenters. The number of urea groups is 1. The smallest absolute Gasteiger partial charge is 0.321 e. The highest BCUT2D eigenvalue weighted by atomic mass is 16.5. The van der Waals surface area contributed by atoms with Crippen molar-refractivity contribution in [2.24, 2.45) is 7.05 Å². The molecule has 2 N–H and O–H groups in total. The molecule has 0 unspecified atom stereocenters. The van der Waals surface area contributed by atoms with Crippen LogP contribution in [-0.2, 0) is 17.3 Å². The lowest BCUT2D eigenvalue weighted by atomic mass is 10.0. The summed E-state index contributed by atoms with van der Waals surface area (Å²) >= 11 is 0. The molecule has 1 saturated heterocycles. The van der Waals surface area contributed by atoms with Crippen molar-refractivity contribution in [2.75, 3.05) is 32.1 Å². The van der Waals surface area contributed by atoms with E-state index in [-0.39, 0.29) is 29.7 Å². The number of rotatable bonds is 4. The van der Waals surface area contributed by atoms with E-state index in [9.17, 15) is 4.79 Å². The second-order valence-corrected chi connectivity index (χ2v) is 7.80. The number of carbonyl (C=O) groups is 1. The summed E-state index contributed by atoms with van der Waals surface area (Å²) in [5, 5.41) is 14.0. The summed E-state index contributed by atoms with van der Waals surface area (Å²) in [7, 11) is 3.94. The van der Waals surface area contributed by atoms with Crippen LogP contribution in [0.2, 0.25) is 0 Å². The van der Waals surface area contributed by atoms with Gasteiger partial charge in [0.05, 0.1) is 30.5 Å². The van der Waals surface area contributed by atoms with Crippen LogP contribution in [0.4, 0.5) is 10.7 Å². The normalized spacial score (nSPS) is 21.2. The lowest BCUT2D eigenvalue weighted by molar-refractivity contribution is -0.0600. The van der Waals surface area contributed by atoms with Crippen LogP contribution in [0.25, 0.3) is 0 Å². The third-order valence-electron chi connectivity index (χ3n) is 4.54. The largest absolute Gasteiger partial charge is 0.373 e. The van der Waals surface area contributed by atoms with E-state index in [1.807, 2.05) is 40.2 Å². The van der Waals surface area contributed by atoms with Gasteiger partial charge in [-0.1, -0.05) is 0 Å². The summed E-state index contributed by atoms with van der Waals surface area (Å²) in [6.45, 7) is 7.87. The maximum atomic E-state index is 12.2. The predicted octanol–water partition coefficient (Wildman–Crippen LogP) is 0.960. The van der Waals surface area contributed by atoms with E-state index in [1.54, 1.807) is 15.7 Å². The van der Waals surface area contributed by atoms with Crippen molar-refractivity contribution < 1.29 is 9.53 Å². The van der Waals surface area contributed by atoms with Gasteiger partial charge in [-0.3, -0.25) is 14.9 Å². The van der Waals surface area contributed by atoms with E-state index in [2.05, 4.69) is 37.8 Å². The highest BCUT2D eigenvalue weighted by Crippen LogP contribution is 2.27. The Balaban J connectivity index is 1.59. The Hall–Kier alpha value is -2.46. The minimum Gasteiger partial charge on any atom is -0.373 e.